The molecule has 3 atom stereocenters. The highest BCUT2D eigenvalue weighted by Gasteiger charge is 2.64. The van der Waals surface area contributed by atoms with Crippen LogP contribution in [0.4, 0.5) is 4.79 Å². The Labute approximate surface area is 140 Å². The first kappa shape index (κ1) is 16.6. The highest BCUT2D eigenvalue weighted by Crippen LogP contribution is 2.60. The van der Waals surface area contributed by atoms with Gasteiger partial charge >= 0.3 is 6.09 Å². The Morgan fingerprint density at radius 3 is 2.75 bits per heavy atom. The third-order valence-electron chi connectivity index (χ3n) is 4.77. The SMILES string of the molecule is CC12C=NN=C(c3ccc(CO)cc3)C1C2COC(=O)NCCO. The summed E-state index contributed by atoms with van der Waals surface area (Å²) in [5.41, 5.74) is 2.53. The van der Waals surface area contributed by atoms with Crippen molar-refractivity contribution in [3.8, 4) is 0 Å². The molecule has 1 saturated carbocycles. The number of alkyl carbamates (subject to hydrolysis) is 1. The Kier molecular flexibility index (Phi) is 4.64. The smallest absolute Gasteiger partial charge is 0.407 e. The fourth-order valence-corrected chi connectivity index (χ4v) is 3.23. The number of aliphatic hydroxyl groups excluding tert-OH is 2. The number of nitrogens with one attached hydrogen (secondary N) is 1. The number of ether oxygens (including phenoxy) is 1. The van der Waals surface area contributed by atoms with Crippen LogP contribution in [0.15, 0.2) is 34.5 Å². The molecule has 2 aliphatic rings. The maximum atomic E-state index is 11.5. The zero-order valence-electron chi connectivity index (χ0n) is 13.5. The van der Waals surface area contributed by atoms with Gasteiger partial charge < -0.3 is 20.3 Å². The standard InChI is InChI=1S/C17H21N3O4/c1-17-10-19-20-15(12-4-2-11(8-22)3-5-12)14(17)13(17)9-24-16(23)18-6-7-21/h2-5,10,13-14,21-22H,6-9H2,1H3,(H,18,23). The topological polar surface area (TPSA) is 104 Å². The average Bonchev–Trinajstić information content (AvgIpc) is 3.22. The Morgan fingerprint density at radius 1 is 1.33 bits per heavy atom. The van der Waals surface area contributed by atoms with E-state index in [0.29, 0.717) is 0 Å². The zero-order chi connectivity index (χ0) is 17.2. The van der Waals surface area contributed by atoms with Gasteiger partial charge in [-0.15, -0.1) is 0 Å². The predicted molar refractivity (Wildman–Crippen MR) is 88.9 cm³/mol. The third-order valence-corrected chi connectivity index (χ3v) is 4.77. The minimum absolute atomic E-state index is 0.00543. The Balaban J connectivity index is 1.67. The molecule has 24 heavy (non-hydrogen) atoms. The maximum absolute atomic E-state index is 11.5. The summed E-state index contributed by atoms with van der Waals surface area (Å²) in [7, 11) is 0. The number of hydrogen-bond acceptors (Lipinski definition) is 6. The highest BCUT2D eigenvalue weighted by molar-refractivity contribution is 6.08. The van der Waals surface area contributed by atoms with Crippen molar-refractivity contribution in [2.75, 3.05) is 19.8 Å². The summed E-state index contributed by atoms with van der Waals surface area (Å²) in [5, 5.41) is 28.7. The van der Waals surface area contributed by atoms with E-state index in [1.807, 2.05) is 30.5 Å². The first-order valence-corrected chi connectivity index (χ1v) is 7.94. The molecule has 128 valence electrons. The van der Waals surface area contributed by atoms with Crippen molar-refractivity contribution in [2.45, 2.75) is 13.5 Å². The second-order valence-corrected chi connectivity index (χ2v) is 6.28. The first-order valence-electron chi connectivity index (χ1n) is 7.94. The van der Waals surface area contributed by atoms with E-state index in [9.17, 15) is 4.79 Å². The van der Waals surface area contributed by atoms with E-state index in [2.05, 4.69) is 22.4 Å². The van der Waals surface area contributed by atoms with Gasteiger partial charge in [0.15, 0.2) is 0 Å². The van der Waals surface area contributed by atoms with Crippen LogP contribution in [0.3, 0.4) is 0 Å². The summed E-state index contributed by atoms with van der Waals surface area (Å²) >= 11 is 0. The van der Waals surface area contributed by atoms with Crippen LogP contribution in [-0.4, -0.2) is 48.0 Å². The minimum Gasteiger partial charge on any atom is -0.449 e. The number of nitrogens with zero attached hydrogens (tertiary/aromatic N) is 2. The van der Waals surface area contributed by atoms with Crippen molar-refractivity contribution in [3.63, 3.8) is 0 Å². The second-order valence-electron chi connectivity index (χ2n) is 6.28. The summed E-state index contributed by atoms with van der Waals surface area (Å²) in [5.74, 6) is 0.278. The molecule has 0 saturated heterocycles. The molecule has 0 bridgehead atoms. The number of carbonyl (C=O) groups is 1. The maximum Gasteiger partial charge on any atom is 0.407 e. The van der Waals surface area contributed by atoms with Crippen LogP contribution in [-0.2, 0) is 11.3 Å². The van der Waals surface area contributed by atoms with Gasteiger partial charge in [0.05, 0.1) is 25.5 Å². The molecular formula is C17H21N3O4. The van der Waals surface area contributed by atoms with Crippen LogP contribution in [0.5, 0.6) is 0 Å². The van der Waals surface area contributed by atoms with Gasteiger partial charge in [0.2, 0.25) is 0 Å². The molecule has 0 aromatic heterocycles. The second kappa shape index (κ2) is 6.70. The molecular weight excluding hydrogens is 310 g/mol. The zero-order valence-corrected chi connectivity index (χ0v) is 13.5. The number of hydrogen-bond donors (Lipinski definition) is 3. The number of amides is 1. The van der Waals surface area contributed by atoms with Crippen LogP contribution in [0.1, 0.15) is 18.1 Å². The molecule has 1 aromatic rings. The third kappa shape index (κ3) is 3.05. The molecule has 3 N–H and O–H groups in total. The lowest BCUT2D eigenvalue weighted by molar-refractivity contribution is 0.135. The Bertz CT molecular complexity index is 671. The van der Waals surface area contributed by atoms with Gasteiger partial charge in [0.25, 0.3) is 0 Å². The molecule has 3 unspecified atom stereocenters. The number of aliphatic hydroxyl groups is 2. The van der Waals surface area contributed by atoms with Crippen LogP contribution < -0.4 is 5.32 Å². The molecule has 0 radical (unpaired) electrons. The summed E-state index contributed by atoms with van der Waals surface area (Å²) in [4.78, 5) is 11.5. The molecule has 7 nitrogen and oxygen atoms in total. The molecule has 1 aliphatic heterocycles. The van der Waals surface area contributed by atoms with Crippen LogP contribution in [0.2, 0.25) is 0 Å². The summed E-state index contributed by atoms with van der Waals surface area (Å²) < 4.78 is 5.24. The predicted octanol–water partition coefficient (Wildman–Crippen LogP) is 0.938. The van der Waals surface area contributed by atoms with E-state index in [0.717, 1.165) is 16.8 Å². The van der Waals surface area contributed by atoms with Crippen molar-refractivity contribution >= 4 is 18.0 Å². The largest absolute Gasteiger partial charge is 0.449 e. The van der Waals surface area contributed by atoms with Crippen molar-refractivity contribution in [1.82, 2.24) is 5.32 Å². The summed E-state index contributed by atoms with van der Waals surface area (Å²) in [6.07, 6.45) is 1.29. The number of rotatable bonds is 6. The van der Waals surface area contributed by atoms with E-state index in [1.54, 1.807) is 0 Å². The highest BCUT2D eigenvalue weighted by atomic mass is 16.5. The lowest BCUT2D eigenvalue weighted by atomic mass is 9.98. The van der Waals surface area contributed by atoms with E-state index in [-0.39, 0.29) is 43.6 Å². The van der Waals surface area contributed by atoms with E-state index in [4.69, 9.17) is 14.9 Å². The Hall–Kier alpha value is -2.25. The molecule has 7 heteroatoms. The number of benzene rings is 1. The quantitative estimate of drug-likeness (QED) is 0.721. The summed E-state index contributed by atoms with van der Waals surface area (Å²) in [6, 6.07) is 7.58. The Morgan fingerprint density at radius 2 is 2.08 bits per heavy atom. The fourth-order valence-electron chi connectivity index (χ4n) is 3.23. The average molecular weight is 331 g/mol. The van der Waals surface area contributed by atoms with Gasteiger partial charge in [-0.05, 0) is 11.1 Å². The fraction of sp³-hybridized carbons (Fsp3) is 0.471. The van der Waals surface area contributed by atoms with Crippen molar-refractivity contribution in [3.05, 3.63) is 35.4 Å². The van der Waals surface area contributed by atoms with E-state index >= 15 is 0 Å². The lowest BCUT2D eigenvalue weighted by Gasteiger charge is -2.11. The van der Waals surface area contributed by atoms with Gasteiger partial charge in [-0.1, -0.05) is 31.2 Å². The first-order chi connectivity index (χ1) is 11.6. The van der Waals surface area contributed by atoms with Gasteiger partial charge in [-0.25, -0.2) is 4.79 Å². The van der Waals surface area contributed by atoms with Crippen LogP contribution in [0.25, 0.3) is 0 Å². The van der Waals surface area contributed by atoms with Gasteiger partial charge in [0.1, 0.15) is 0 Å². The molecule has 1 heterocycles. The number of carbonyl (C=O) groups excluding carboxylic acids is 1. The van der Waals surface area contributed by atoms with E-state index in [1.165, 1.54) is 0 Å². The molecule has 1 fully saturated rings. The molecule has 3 rings (SSSR count). The van der Waals surface area contributed by atoms with Crippen molar-refractivity contribution in [1.29, 1.82) is 0 Å². The molecule has 0 spiro atoms. The van der Waals surface area contributed by atoms with Crippen molar-refractivity contribution in [2.24, 2.45) is 27.5 Å². The summed E-state index contributed by atoms with van der Waals surface area (Å²) in [6.45, 7) is 2.42. The lowest BCUT2D eigenvalue weighted by Crippen LogP contribution is -2.28. The monoisotopic (exact) mass is 331 g/mol. The minimum atomic E-state index is -0.529. The van der Waals surface area contributed by atoms with Crippen molar-refractivity contribution < 1.29 is 19.7 Å². The molecule has 1 amide bonds. The molecule has 1 aromatic carbocycles. The van der Waals surface area contributed by atoms with Crippen LogP contribution in [0, 0.1) is 17.3 Å². The number of fused-ring (bicyclic) bond motifs is 1. The normalized spacial score (nSPS) is 27.2. The van der Waals surface area contributed by atoms with E-state index < -0.39 is 6.09 Å². The van der Waals surface area contributed by atoms with Gasteiger partial charge in [0, 0.05) is 30.0 Å². The van der Waals surface area contributed by atoms with Crippen LogP contribution >= 0.6 is 0 Å². The van der Waals surface area contributed by atoms with Gasteiger partial charge in [-0.3, -0.25) is 0 Å². The molecule has 1 aliphatic carbocycles. The van der Waals surface area contributed by atoms with Gasteiger partial charge in [-0.2, -0.15) is 10.2 Å².